The third-order valence-corrected chi connectivity index (χ3v) is 5.24. The van der Waals surface area contributed by atoms with E-state index in [1.54, 1.807) is 0 Å². The van der Waals surface area contributed by atoms with Crippen LogP contribution in [0.5, 0.6) is 0 Å². The fourth-order valence-corrected chi connectivity index (χ4v) is 3.63. The summed E-state index contributed by atoms with van der Waals surface area (Å²) in [5, 5.41) is 13.6. The molecular weight excluding hydrogens is 328 g/mol. The number of benzene rings is 1. The normalized spacial score (nSPS) is 25.5. The smallest absolute Gasteiger partial charge is 0.0632 e. The van der Waals surface area contributed by atoms with Gasteiger partial charge in [0.05, 0.1) is 5.60 Å². The van der Waals surface area contributed by atoms with Crippen LogP contribution < -0.4 is 5.32 Å². The van der Waals surface area contributed by atoms with E-state index in [9.17, 15) is 5.11 Å². The summed E-state index contributed by atoms with van der Waals surface area (Å²) in [6.45, 7) is 5.14. The highest BCUT2D eigenvalue weighted by Gasteiger charge is 2.25. The van der Waals surface area contributed by atoms with E-state index in [0.29, 0.717) is 6.04 Å². The van der Waals surface area contributed by atoms with Crippen LogP contribution >= 0.6 is 15.9 Å². The summed E-state index contributed by atoms with van der Waals surface area (Å²) in [5.41, 5.74) is 0.849. The third-order valence-electron chi connectivity index (χ3n) is 4.52. The number of nitrogens with one attached hydrogen (secondary N) is 1. The van der Waals surface area contributed by atoms with Gasteiger partial charge >= 0.3 is 0 Å². The lowest BCUT2D eigenvalue weighted by Gasteiger charge is -2.25. The van der Waals surface area contributed by atoms with Crippen LogP contribution in [0.3, 0.4) is 0 Å². The van der Waals surface area contributed by atoms with E-state index in [4.69, 9.17) is 0 Å². The molecule has 118 valence electrons. The molecule has 1 aromatic rings. The van der Waals surface area contributed by atoms with E-state index in [1.165, 1.54) is 10.0 Å². The molecule has 0 radical (unpaired) electrons. The van der Waals surface area contributed by atoms with Crippen molar-refractivity contribution in [2.24, 2.45) is 0 Å². The lowest BCUT2D eigenvalue weighted by atomic mass is 9.98. The van der Waals surface area contributed by atoms with Crippen molar-refractivity contribution in [1.29, 1.82) is 0 Å². The second-order valence-electron chi connectivity index (χ2n) is 6.34. The topological polar surface area (TPSA) is 35.5 Å². The Morgan fingerprint density at radius 1 is 1.33 bits per heavy atom. The third kappa shape index (κ3) is 5.06. The number of rotatable bonds is 5. The van der Waals surface area contributed by atoms with Crippen LogP contribution in [0.25, 0.3) is 0 Å². The van der Waals surface area contributed by atoms with E-state index >= 15 is 0 Å². The van der Waals surface area contributed by atoms with Gasteiger partial charge in [-0.15, -0.1) is 0 Å². The summed E-state index contributed by atoms with van der Waals surface area (Å²) in [7, 11) is 2.03. The van der Waals surface area contributed by atoms with Crippen molar-refractivity contribution in [2.75, 3.05) is 26.7 Å². The quantitative estimate of drug-likeness (QED) is 0.851. The van der Waals surface area contributed by atoms with Gasteiger partial charge < -0.3 is 15.3 Å². The van der Waals surface area contributed by atoms with Crippen LogP contribution in [0.4, 0.5) is 0 Å². The van der Waals surface area contributed by atoms with Crippen LogP contribution in [0.2, 0.25) is 0 Å². The van der Waals surface area contributed by atoms with Gasteiger partial charge in [0.2, 0.25) is 0 Å². The van der Waals surface area contributed by atoms with Gasteiger partial charge in [0.15, 0.2) is 0 Å². The first-order valence-corrected chi connectivity index (χ1v) is 8.67. The summed E-state index contributed by atoms with van der Waals surface area (Å²) in [6, 6.07) is 8.79. The molecule has 0 saturated carbocycles. The minimum Gasteiger partial charge on any atom is -0.390 e. The molecule has 4 heteroatoms. The first-order valence-electron chi connectivity index (χ1n) is 7.88. The lowest BCUT2D eigenvalue weighted by molar-refractivity contribution is 0.0445. The highest BCUT2D eigenvalue weighted by molar-refractivity contribution is 9.10. The molecule has 3 nitrogen and oxygen atoms in total. The van der Waals surface area contributed by atoms with Crippen molar-refractivity contribution in [1.82, 2.24) is 10.2 Å². The van der Waals surface area contributed by atoms with Crippen LogP contribution in [0, 0.1) is 0 Å². The zero-order valence-electron chi connectivity index (χ0n) is 13.1. The fourth-order valence-electron chi connectivity index (χ4n) is 3.07. The molecular formula is C17H27BrN2O. The minimum atomic E-state index is -0.473. The van der Waals surface area contributed by atoms with Gasteiger partial charge in [-0.25, -0.2) is 0 Å². The first kappa shape index (κ1) is 16.9. The Hall–Kier alpha value is -0.420. The van der Waals surface area contributed by atoms with Crippen molar-refractivity contribution in [3.63, 3.8) is 0 Å². The number of hydrogen-bond acceptors (Lipinski definition) is 3. The summed E-state index contributed by atoms with van der Waals surface area (Å²) in [4.78, 5) is 2.49. The highest BCUT2D eigenvalue weighted by atomic mass is 79.9. The maximum Gasteiger partial charge on any atom is 0.0632 e. The molecule has 2 N–H and O–H groups in total. The minimum absolute atomic E-state index is 0.365. The molecule has 0 bridgehead atoms. The SMILES string of the molecule is CNC(CCN1CCCC(C)(O)CC1)c1ccccc1Br. The van der Waals surface area contributed by atoms with Crippen LogP contribution in [0.1, 0.15) is 44.2 Å². The molecule has 1 aliphatic rings. The van der Waals surface area contributed by atoms with Gasteiger partial charge in [0.1, 0.15) is 0 Å². The average molecular weight is 355 g/mol. The summed E-state index contributed by atoms with van der Waals surface area (Å²) in [6.07, 6.45) is 3.98. The molecule has 2 rings (SSSR count). The van der Waals surface area contributed by atoms with Crippen LogP contribution in [-0.2, 0) is 0 Å². The predicted octanol–water partition coefficient (Wildman–Crippen LogP) is 3.34. The molecule has 0 spiro atoms. The molecule has 1 aliphatic heterocycles. The maximum absolute atomic E-state index is 10.2. The molecule has 2 atom stereocenters. The van der Waals surface area contributed by atoms with Gasteiger partial charge in [-0.05, 0) is 64.4 Å². The van der Waals surface area contributed by atoms with E-state index in [1.807, 2.05) is 14.0 Å². The molecule has 2 unspecified atom stereocenters. The van der Waals surface area contributed by atoms with Crippen LogP contribution in [0.15, 0.2) is 28.7 Å². The number of nitrogens with zero attached hydrogens (tertiary/aromatic N) is 1. The monoisotopic (exact) mass is 354 g/mol. The summed E-state index contributed by atoms with van der Waals surface area (Å²) in [5.74, 6) is 0. The van der Waals surface area contributed by atoms with E-state index in [0.717, 1.165) is 45.3 Å². The average Bonchev–Trinajstić information content (AvgIpc) is 2.62. The Balaban J connectivity index is 1.90. The van der Waals surface area contributed by atoms with Gasteiger partial charge in [0.25, 0.3) is 0 Å². The highest BCUT2D eigenvalue weighted by Crippen LogP contribution is 2.26. The molecule has 21 heavy (non-hydrogen) atoms. The Kier molecular flexibility index (Phi) is 6.23. The van der Waals surface area contributed by atoms with Gasteiger partial charge in [0, 0.05) is 17.1 Å². The fraction of sp³-hybridized carbons (Fsp3) is 0.647. The number of hydrogen-bond donors (Lipinski definition) is 2. The predicted molar refractivity (Wildman–Crippen MR) is 91.5 cm³/mol. The molecule has 0 aliphatic carbocycles. The summed E-state index contributed by atoms with van der Waals surface area (Å²) < 4.78 is 1.17. The van der Waals surface area contributed by atoms with Crippen molar-refractivity contribution in [2.45, 2.75) is 44.2 Å². The molecule has 1 saturated heterocycles. The Morgan fingerprint density at radius 2 is 2.10 bits per heavy atom. The summed E-state index contributed by atoms with van der Waals surface area (Å²) >= 11 is 3.64. The zero-order valence-corrected chi connectivity index (χ0v) is 14.7. The van der Waals surface area contributed by atoms with Gasteiger partial charge in [-0.2, -0.15) is 0 Å². The number of likely N-dealkylation sites (tertiary alicyclic amines) is 1. The number of aliphatic hydroxyl groups is 1. The maximum atomic E-state index is 10.2. The van der Waals surface area contributed by atoms with E-state index in [-0.39, 0.29) is 0 Å². The zero-order chi connectivity index (χ0) is 15.3. The Bertz CT molecular complexity index is 450. The van der Waals surface area contributed by atoms with E-state index in [2.05, 4.69) is 50.4 Å². The second kappa shape index (κ2) is 7.73. The molecule has 1 aromatic carbocycles. The Morgan fingerprint density at radius 3 is 2.81 bits per heavy atom. The van der Waals surface area contributed by atoms with Crippen molar-refractivity contribution >= 4 is 15.9 Å². The van der Waals surface area contributed by atoms with E-state index < -0.39 is 5.60 Å². The second-order valence-corrected chi connectivity index (χ2v) is 7.20. The lowest BCUT2D eigenvalue weighted by Crippen LogP contribution is -2.31. The molecule has 0 aromatic heterocycles. The van der Waals surface area contributed by atoms with Gasteiger partial charge in [-0.3, -0.25) is 0 Å². The largest absolute Gasteiger partial charge is 0.390 e. The molecule has 0 amide bonds. The molecule has 1 fully saturated rings. The van der Waals surface area contributed by atoms with Crippen molar-refractivity contribution in [3.05, 3.63) is 34.3 Å². The van der Waals surface area contributed by atoms with Gasteiger partial charge in [-0.1, -0.05) is 34.1 Å². The van der Waals surface area contributed by atoms with Crippen molar-refractivity contribution in [3.8, 4) is 0 Å². The number of halogens is 1. The first-order chi connectivity index (χ1) is 10.0. The standard InChI is InChI=1S/C17H27BrN2O/c1-17(21)9-5-11-20(13-10-17)12-8-16(19-2)14-6-3-4-7-15(14)18/h3-4,6-7,16,19,21H,5,8-13H2,1-2H3. The molecule has 1 heterocycles. The van der Waals surface area contributed by atoms with Crippen molar-refractivity contribution < 1.29 is 5.11 Å². The van der Waals surface area contributed by atoms with Crippen LogP contribution in [-0.4, -0.2) is 42.3 Å². The Labute approximate surface area is 136 Å².